The van der Waals surface area contributed by atoms with Crippen LogP contribution in [0.1, 0.15) is 25.7 Å². The first-order chi connectivity index (χ1) is 5.74. The van der Waals surface area contributed by atoms with E-state index < -0.39 is 0 Å². The number of thioether (sulfide) groups is 1. The summed E-state index contributed by atoms with van der Waals surface area (Å²) in [6.45, 7) is 3.96. The molecule has 1 rings (SSSR count). The highest BCUT2D eigenvalue weighted by Crippen LogP contribution is 2.22. The van der Waals surface area contributed by atoms with Gasteiger partial charge in [0.05, 0.1) is 6.04 Å². The first kappa shape index (κ1) is 9.65. The SMILES string of the molecule is C=C1CCCCC1NC(=O)SC. The van der Waals surface area contributed by atoms with Gasteiger partial charge in [-0.3, -0.25) is 4.79 Å². The largest absolute Gasteiger partial charge is 0.341 e. The summed E-state index contributed by atoms with van der Waals surface area (Å²) in [6.07, 6.45) is 6.36. The zero-order valence-electron chi connectivity index (χ0n) is 7.43. The van der Waals surface area contributed by atoms with Crippen LogP contribution in [-0.2, 0) is 0 Å². The minimum atomic E-state index is 0.0584. The van der Waals surface area contributed by atoms with E-state index in [4.69, 9.17) is 0 Å². The van der Waals surface area contributed by atoms with Gasteiger partial charge in [0.2, 0.25) is 0 Å². The molecule has 1 N–H and O–H groups in total. The number of carbonyl (C=O) groups is 1. The zero-order chi connectivity index (χ0) is 8.97. The zero-order valence-corrected chi connectivity index (χ0v) is 8.25. The van der Waals surface area contributed by atoms with Crippen LogP contribution < -0.4 is 5.32 Å². The van der Waals surface area contributed by atoms with E-state index in [0.29, 0.717) is 0 Å². The third-order valence-corrected chi connectivity index (χ3v) is 2.70. The van der Waals surface area contributed by atoms with Crippen LogP contribution in [0.3, 0.4) is 0 Å². The lowest BCUT2D eigenvalue weighted by molar-refractivity contribution is 0.257. The van der Waals surface area contributed by atoms with Gasteiger partial charge in [-0.05, 0) is 25.5 Å². The molecule has 0 bridgehead atoms. The first-order valence-corrected chi connectivity index (χ1v) is 5.48. The van der Waals surface area contributed by atoms with Crippen molar-refractivity contribution in [3.63, 3.8) is 0 Å². The molecule has 0 aromatic carbocycles. The molecule has 1 aliphatic rings. The average molecular weight is 185 g/mol. The standard InChI is InChI=1S/C9H15NOS/c1-7-5-3-4-6-8(7)10-9(11)12-2/h8H,1,3-6H2,2H3,(H,10,11). The predicted octanol–water partition coefficient (Wildman–Crippen LogP) is 2.56. The molecule has 0 aromatic rings. The number of carbonyl (C=O) groups excluding carboxylic acids is 1. The molecular formula is C9H15NOS. The van der Waals surface area contributed by atoms with Gasteiger partial charge < -0.3 is 5.32 Å². The summed E-state index contributed by atoms with van der Waals surface area (Å²) >= 11 is 1.23. The monoisotopic (exact) mass is 185 g/mol. The topological polar surface area (TPSA) is 29.1 Å². The number of nitrogens with one attached hydrogen (secondary N) is 1. The van der Waals surface area contributed by atoms with Gasteiger partial charge in [-0.25, -0.2) is 0 Å². The van der Waals surface area contributed by atoms with Crippen molar-refractivity contribution in [1.29, 1.82) is 0 Å². The Morgan fingerprint density at radius 1 is 1.67 bits per heavy atom. The summed E-state index contributed by atoms with van der Waals surface area (Å²) in [5.41, 5.74) is 1.18. The lowest BCUT2D eigenvalue weighted by Gasteiger charge is -2.24. The van der Waals surface area contributed by atoms with Crippen LogP contribution in [0.25, 0.3) is 0 Å². The molecule has 1 amide bonds. The minimum Gasteiger partial charge on any atom is -0.341 e. The Bertz CT molecular complexity index is 191. The van der Waals surface area contributed by atoms with E-state index in [1.54, 1.807) is 6.26 Å². The van der Waals surface area contributed by atoms with Crippen molar-refractivity contribution < 1.29 is 4.79 Å². The molecule has 0 aliphatic heterocycles. The number of rotatable bonds is 1. The van der Waals surface area contributed by atoms with Crippen molar-refractivity contribution in [2.24, 2.45) is 0 Å². The highest BCUT2D eigenvalue weighted by Gasteiger charge is 2.18. The Morgan fingerprint density at radius 2 is 2.42 bits per heavy atom. The Kier molecular flexibility index (Phi) is 3.66. The summed E-state index contributed by atoms with van der Waals surface area (Å²) < 4.78 is 0. The lowest BCUT2D eigenvalue weighted by atomic mass is 9.91. The van der Waals surface area contributed by atoms with Crippen molar-refractivity contribution in [2.45, 2.75) is 31.7 Å². The van der Waals surface area contributed by atoms with Gasteiger partial charge >= 0.3 is 0 Å². The summed E-state index contributed by atoms with van der Waals surface area (Å²) in [5, 5.41) is 3.00. The van der Waals surface area contributed by atoms with Crippen molar-refractivity contribution in [1.82, 2.24) is 5.32 Å². The van der Waals surface area contributed by atoms with E-state index >= 15 is 0 Å². The molecule has 1 fully saturated rings. The van der Waals surface area contributed by atoms with Crippen LogP contribution in [0, 0.1) is 0 Å². The van der Waals surface area contributed by atoms with E-state index in [1.807, 2.05) is 0 Å². The quantitative estimate of drug-likeness (QED) is 0.636. The van der Waals surface area contributed by atoms with Gasteiger partial charge in [-0.15, -0.1) is 0 Å². The molecule has 0 radical (unpaired) electrons. The fourth-order valence-corrected chi connectivity index (χ4v) is 1.71. The van der Waals surface area contributed by atoms with Crippen molar-refractivity contribution >= 4 is 17.0 Å². The fraction of sp³-hybridized carbons (Fsp3) is 0.667. The highest BCUT2D eigenvalue weighted by atomic mass is 32.2. The van der Waals surface area contributed by atoms with E-state index in [-0.39, 0.29) is 11.3 Å². The van der Waals surface area contributed by atoms with Gasteiger partial charge in [0.25, 0.3) is 5.24 Å². The smallest absolute Gasteiger partial charge is 0.279 e. The predicted molar refractivity (Wildman–Crippen MR) is 53.4 cm³/mol. The summed E-state index contributed by atoms with van der Waals surface area (Å²) in [5.74, 6) is 0. The van der Waals surface area contributed by atoms with Crippen molar-refractivity contribution in [3.8, 4) is 0 Å². The molecular weight excluding hydrogens is 170 g/mol. The maximum absolute atomic E-state index is 11.0. The van der Waals surface area contributed by atoms with E-state index in [0.717, 1.165) is 12.8 Å². The molecule has 68 valence electrons. The minimum absolute atomic E-state index is 0.0584. The summed E-state index contributed by atoms with van der Waals surface area (Å²) in [7, 11) is 0. The molecule has 1 atom stereocenters. The Balaban J connectivity index is 2.39. The third kappa shape index (κ3) is 2.55. The van der Waals surface area contributed by atoms with Gasteiger partial charge in [0.15, 0.2) is 0 Å². The van der Waals surface area contributed by atoms with Gasteiger partial charge in [-0.1, -0.05) is 30.3 Å². The number of amides is 1. The molecule has 2 nitrogen and oxygen atoms in total. The molecule has 1 saturated carbocycles. The maximum atomic E-state index is 11.0. The maximum Gasteiger partial charge on any atom is 0.279 e. The van der Waals surface area contributed by atoms with E-state index in [9.17, 15) is 4.79 Å². The van der Waals surface area contributed by atoms with Gasteiger partial charge in [0, 0.05) is 0 Å². The second-order valence-electron chi connectivity index (χ2n) is 3.09. The molecule has 0 spiro atoms. The molecule has 0 saturated heterocycles. The molecule has 12 heavy (non-hydrogen) atoms. The van der Waals surface area contributed by atoms with E-state index in [2.05, 4.69) is 11.9 Å². The molecule has 0 aromatic heterocycles. The second-order valence-corrected chi connectivity index (χ2v) is 3.87. The average Bonchev–Trinajstić information content (AvgIpc) is 2.09. The number of hydrogen-bond donors (Lipinski definition) is 1. The van der Waals surface area contributed by atoms with Crippen LogP contribution >= 0.6 is 11.8 Å². The van der Waals surface area contributed by atoms with Crippen LogP contribution in [-0.4, -0.2) is 17.5 Å². The normalized spacial score (nSPS) is 23.8. The summed E-state index contributed by atoms with van der Waals surface area (Å²) in [6, 6.07) is 0.235. The van der Waals surface area contributed by atoms with Crippen molar-refractivity contribution in [3.05, 3.63) is 12.2 Å². The van der Waals surface area contributed by atoms with Crippen LogP contribution in [0.4, 0.5) is 4.79 Å². The first-order valence-electron chi connectivity index (χ1n) is 4.26. The van der Waals surface area contributed by atoms with Crippen LogP contribution in [0.15, 0.2) is 12.2 Å². The fourth-order valence-electron chi connectivity index (χ4n) is 1.45. The van der Waals surface area contributed by atoms with Gasteiger partial charge in [0.1, 0.15) is 0 Å². The van der Waals surface area contributed by atoms with Crippen molar-refractivity contribution in [2.75, 3.05) is 6.26 Å². The third-order valence-electron chi connectivity index (χ3n) is 2.21. The lowest BCUT2D eigenvalue weighted by Crippen LogP contribution is -2.35. The Hall–Kier alpha value is -0.440. The number of hydrogen-bond acceptors (Lipinski definition) is 2. The van der Waals surface area contributed by atoms with Gasteiger partial charge in [-0.2, -0.15) is 0 Å². The molecule has 3 heteroatoms. The summed E-state index contributed by atoms with van der Waals surface area (Å²) in [4.78, 5) is 11.0. The van der Waals surface area contributed by atoms with Crippen LogP contribution in [0.5, 0.6) is 0 Å². The van der Waals surface area contributed by atoms with Crippen LogP contribution in [0.2, 0.25) is 0 Å². The molecule has 1 aliphatic carbocycles. The Labute approximate surface area is 77.8 Å². The highest BCUT2D eigenvalue weighted by molar-refractivity contribution is 8.12. The molecule has 0 heterocycles. The second kappa shape index (κ2) is 4.55. The molecule has 1 unspecified atom stereocenters. The van der Waals surface area contributed by atoms with E-state index in [1.165, 1.54) is 30.2 Å². The Morgan fingerprint density at radius 3 is 3.00 bits per heavy atom.